The molecule has 126 valence electrons. The second-order valence-corrected chi connectivity index (χ2v) is 5.80. The summed E-state index contributed by atoms with van der Waals surface area (Å²) < 4.78 is 0. The molecule has 2 aromatic carbocycles. The van der Waals surface area contributed by atoms with Gasteiger partial charge in [0.25, 0.3) is 0 Å². The Labute approximate surface area is 143 Å². The minimum atomic E-state index is -0.0328. The van der Waals surface area contributed by atoms with E-state index in [1.165, 1.54) is 0 Å². The highest BCUT2D eigenvalue weighted by atomic mass is 16.2. The number of carbonyl (C=O) groups excluding carboxylic acids is 2. The fourth-order valence-corrected chi connectivity index (χ4v) is 2.68. The lowest BCUT2D eigenvalue weighted by Crippen LogP contribution is -2.13. The number of hydrogen-bond acceptors (Lipinski definition) is 2. The number of amides is 2. The Hall–Kier alpha value is -2.62. The largest absolute Gasteiger partial charge is 0.326 e. The van der Waals surface area contributed by atoms with Crippen LogP contribution in [0.15, 0.2) is 36.4 Å². The van der Waals surface area contributed by atoms with Crippen molar-refractivity contribution in [1.82, 2.24) is 0 Å². The molecule has 2 rings (SSSR count). The van der Waals surface area contributed by atoms with Gasteiger partial charge in [0.1, 0.15) is 0 Å². The van der Waals surface area contributed by atoms with Crippen molar-refractivity contribution in [2.75, 3.05) is 10.6 Å². The molecule has 0 spiro atoms. The molecule has 0 fully saturated rings. The molecule has 24 heavy (non-hydrogen) atoms. The van der Waals surface area contributed by atoms with Crippen LogP contribution in [0.3, 0.4) is 0 Å². The van der Waals surface area contributed by atoms with E-state index >= 15 is 0 Å². The lowest BCUT2D eigenvalue weighted by molar-refractivity contribution is -0.116. The molecule has 2 N–H and O–H groups in total. The molecule has 2 aromatic rings. The van der Waals surface area contributed by atoms with Gasteiger partial charge < -0.3 is 10.6 Å². The normalized spacial score (nSPS) is 10.3. The Kier molecular flexibility index (Phi) is 5.74. The molecule has 0 atom stereocenters. The lowest BCUT2D eigenvalue weighted by atomic mass is 9.93. The molecule has 0 aliphatic heterocycles. The molecule has 0 saturated heterocycles. The minimum Gasteiger partial charge on any atom is -0.326 e. The van der Waals surface area contributed by atoms with E-state index in [0.717, 1.165) is 33.6 Å². The number of carbonyl (C=O) groups is 2. The maximum Gasteiger partial charge on any atom is 0.224 e. The van der Waals surface area contributed by atoms with E-state index in [9.17, 15) is 9.59 Å². The van der Waals surface area contributed by atoms with E-state index in [2.05, 4.69) is 10.6 Å². The molecule has 4 heteroatoms. The zero-order chi connectivity index (χ0) is 17.7. The van der Waals surface area contributed by atoms with Gasteiger partial charge in [-0.15, -0.1) is 0 Å². The van der Waals surface area contributed by atoms with Gasteiger partial charge in [0, 0.05) is 35.3 Å². The summed E-state index contributed by atoms with van der Waals surface area (Å²) in [6.07, 6.45) is 0.834. The number of nitrogens with one attached hydrogen (secondary N) is 2. The van der Waals surface area contributed by atoms with Gasteiger partial charge in [0.15, 0.2) is 0 Å². The second kappa shape index (κ2) is 7.77. The van der Waals surface area contributed by atoms with Crippen molar-refractivity contribution in [2.45, 2.75) is 40.5 Å². The molecule has 2 amide bonds. The van der Waals surface area contributed by atoms with Crippen LogP contribution in [-0.4, -0.2) is 11.8 Å². The SMILES string of the molecule is CCC(=O)Nc1cccc(C)c1-c1c(C)cccc1NC(=O)CC. The van der Waals surface area contributed by atoms with E-state index in [0.29, 0.717) is 12.8 Å². The summed E-state index contributed by atoms with van der Waals surface area (Å²) in [4.78, 5) is 23.8. The van der Waals surface area contributed by atoms with Gasteiger partial charge in [-0.2, -0.15) is 0 Å². The maximum absolute atomic E-state index is 11.9. The number of rotatable bonds is 5. The predicted molar refractivity (Wildman–Crippen MR) is 99.2 cm³/mol. The smallest absolute Gasteiger partial charge is 0.224 e. The summed E-state index contributed by atoms with van der Waals surface area (Å²) in [5, 5.41) is 5.94. The summed E-state index contributed by atoms with van der Waals surface area (Å²) in [5.74, 6) is -0.0656. The summed E-state index contributed by atoms with van der Waals surface area (Å²) in [6.45, 7) is 7.67. The summed E-state index contributed by atoms with van der Waals surface area (Å²) >= 11 is 0. The van der Waals surface area contributed by atoms with Crippen molar-refractivity contribution >= 4 is 23.2 Å². The van der Waals surface area contributed by atoms with E-state index in [1.54, 1.807) is 0 Å². The van der Waals surface area contributed by atoms with Crippen molar-refractivity contribution in [3.05, 3.63) is 47.5 Å². The summed E-state index contributed by atoms with van der Waals surface area (Å²) in [6, 6.07) is 11.7. The van der Waals surface area contributed by atoms with Crippen molar-refractivity contribution in [2.24, 2.45) is 0 Å². The Morgan fingerprint density at radius 2 is 1.12 bits per heavy atom. The molecular weight excluding hydrogens is 300 g/mol. The quantitative estimate of drug-likeness (QED) is 0.840. The highest BCUT2D eigenvalue weighted by Crippen LogP contribution is 2.38. The highest BCUT2D eigenvalue weighted by Gasteiger charge is 2.16. The van der Waals surface area contributed by atoms with Gasteiger partial charge in [-0.3, -0.25) is 9.59 Å². The molecule has 0 aliphatic rings. The molecule has 0 radical (unpaired) electrons. The topological polar surface area (TPSA) is 58.2 Å². The number of benzene rings is 2. The molecule has 0 aliphatic carbocycles. The van der Waals surface area contributed by atoms with E-state index in [-0.39, 0.29) is 11.8 Å². The number of hydrogen-bond donors (Lipinski definition) is 2. The third-order valence-electron chi connectivity index (χ3n) is 3.99. The van der Waals surface area contributed by atoms with Gasteiger partial charge in [0.05, 0.1) is 0 Å². The average Bonchev–Trinajstić information content (AvgIpc) is 2.56. The lowest BCUT2D eigenvalue weighted by Gasteiger charge is -2.19. The third kappa shape index (κ3) is 3.82. The molecule has 0 aromatic heterocycles. The Balaban J connectivity index is 2.63. The molecule has 4 nitrogen and oxygen atoms in total. The number of aryl methyl sites for hydroxylation is 2. The summed E-state index contributed by atoms with van der Waals surface area (Å²) in [5.41, 5.74) is 5.52. The van der Waals surface area contributed by atoms with Gasteiger partial charge in [-0.05, 0) is 37.1 Å². The van der Waals surface area contributed by atoms with Crippen molar-refractivity contribution < 1.29 is 9.59 Å². The van der Waals surface area contributed by atoms with Crippen molar-refractivity contribution in [1.29, 1.82) is 0 Å². The maximum atomic E-state index is 11.9. The van der Waals surface area contributed by atoms with Crippen LogP contribution in [0, 0.1) is 13.8 Å². The van der Waals surface area contributed by atoms with Crippen molar-refractivity contribution in [3.63, 3.8) is 0 Å². The molecular formula is C20H24N2O2. The summed E-state index contributed by atoms with van der Waals surface area (Å²) in [7, 11) is 0. The van der Waals surface area contributed by atoms with Crippen LogP contribution in [0.4, 0.5) is 11.4 Å². The molecule has 0 bridgehead atoms. The Morgan fingerprint density at radius 1 is 0.750 bits per heavy atom. The van der Waals surface area contributed by atoms with Crippen LogP contribution in [0.5, 0.6) is 0 Å². The zero-order valence-electron chi connectivity index (χ0n) is 14.7. The van der Waals surface area contributed by atoms with Crippen LogP contribution in [0.1, 0.15) is 37.8 Å². The first-order chi connectivity index (χ1) is 11.5. The van der Waals surface area contributed by atoms with Crippen LogP contribution in [0.25, 0.3) is 11.1 Å². The van der Waals surface area contributed by atoms with Crippen LogP contribution in [-0.2, 0) is 9.59 Å². The third-order valence-corrected chi connectivity index (χ3v) is 3.99. The minimum absolute atomic E-state index is 0.0328. The van der Waals surface area contributed by atoms with Gasteiger partial charge in [-0.25, -0.2) is 0 Å². The average molecular weight is 324 g/mol. The predicted octanol–water partition coefficient (Wildman–Crippen LogP) is 4.67. The monoisotopic (exact) mass is 324 g/mol. The first-order valence-electron chi connectivity index (χ1n) is 8.27. The Morgan fingerprint density at radius 3 is 1.46 bits per heavy atom. The molecule has 0 saturated carbocycles. The van der Waals surface area contributed by atoms with Gasteiger partial charge in [-0.1, -0.05) is 38.1 Å². The standard InChI is InChI=1S/C20H24N2O2/c1-5-17(23)21-15-11-7-9-13(3)19(15)20-14(4)10-8-12-16(20)22-18(24)6-2/h7-12H,5-6H2,1-4H3,(H,21,23)(H,22,24). The molecule has 0 heterocycles. The second-order valence-electron chi connectivity index (χ2n) is 5.80. The first kappa shape index (κ1) is 17.7. The molecule has 0 unspecified atom stereocenters. The fourth-order valence-electron chi connectivity index (χ4n) is 2.68. The Bertz CT molecular complexity index is 701. The van der Waals surface area contributed by atoms with Gasteiger partial charge >= 0.3 is 0 Å². The van der Waals surface area contributed by atoms with E-state index in [4.69, 9.17) is 0 Å². The number of anilines is 2. The fraction of sp³-hybridized carbons (Fsp3) is 0.300. The zero-order valence-corrected chi connectivity index (χ0v) is 14.7. The highest BCUT2D eigenvalue weighted by molar-refractivity contribution is 6.02. The van der Waals surface area contributed by atoms with E-state index in [1.807, 2.05) is 64.1 Å². The van der Waals surface area contributed by atoms with Crippen molar-refractivity contribution in [3.8, 4) is 11.1 Å². The van der Waals surface area contributed by atoms with Crippen LogP contribution < -0.4 is 10.6 Å². The van der Waals surface area contributed by atoms with Crippen LogP contribution >= 0.6 is 0 Å². The van der Waals surface area contributed by atoms with Gasteiger partial charge in [0.2, 0.25) is 11.8 Å². The van der Waals surface area contributed by atoms with Crippen LogP contribution in [0.2, 0.25) is 0 Å². The van der Waals surface area contributed by atoms with E-state index < -0.39 is 0 Å². The first-order valence-corrected chi connectivity index (χ1v) is 8.27.